The maximum atomic E-state index is 12.4. The Morgan fingerprint density at radius 2 is 2.14 bits per heavy atom. The zero-order chi connectivity index (χ0) is 15.7. The van der Waals surface area contributed by atoms with Crippen molar-refractivity contribution < 1.29 is 9.59 Å². The minimum atomic E-state index is -0.177. The quantitative estimate of drug-likeness (QED) is 0.796. The van der Waals surface area contributed by atoms with Gasteiger partial charge >= 0.3 is 0 Å². The van der Waals surface area contributed by atoms with Crippen molar-refractivity contribution in [3.05, 3.63) is 17.0 Å². The summed E-state index contributed by atoms with van der Waals surface area (Å²) in [5.41, 5.74) is 3.12. The number of nitrogens with zero attached hydrogens (tertiary/aromatic N) is 3. The molecule has 1 aromatic rings. The van der Waals surface area contributed by atoms with Crippen LogP contribution in [0.3, 0.4) is 0 Å². The monoisotopic (exact) mass is 305 g/mol. The molecule has 22 heavy (non-hydrogen) atoms. The Hall–Kier alpha value is -1.89. The predicted molar refractivity (Wildman–Crippen MR) is 81.3 cm³/mol. The molecule has 0 aliphatic carbocycles. The summed E-state index contributed by atoms with van der Waals surface area (Å²) >= 11 is 0. The largest absolute Gasteiger partial charge is 0.353 e. The van der Waals surface area contributed by atoms with Crippen LogP contribution in [0.4, 0.5) is 0 Å². The summed E-state index contributed by atoms with van der Waals surface area (Å²) in [4.78, 5) is 28.4. The van der Waals surface area contributed by atoms with Gasteiger partial charge in [-0.05, 0) is 25.8 Å². The average molecular weight is 305 g/mol. The molecule has 3 rings (SSSR count). The van der Waals surface area contributed by atoms with E-state index < -0.39 is 0 Å². The number of carbonyl (C=O) groups is 2. The number of aryl methyl sites for hydroxylation is 2. The van der Waals surface area contributed by atoms with Gasteiger partial charge in [-0.2, -0.15) is 5.10 Å². The van der Waals surface area contributed by atoms with Crippen molar-refractivity contribution in [3.63, 3.8) is 0 Å². The van der Waals surface area contributed by atoms with Crippen LogP contribution >= 0.6 is 0 Å². The van der Waals surface area contributed by atoms with Gasteiger partial charge in [0, 0.05) is 44.8 Å². The lowest BCUT2D eigenvalue weighted by Gasteiger charge is -2.43. The van der Waals surface area contributed by atoms with Crippen LogP contribution in [-0.2, 0) is 16.0 Å². The van der Waals surface area contributed by atoms with Crippen molar-refractivity contribution in [2.24, 2.45) is 0 Å². The van der Waals surface area contributed by atoms with Gasteiger partial charge in [0.25, 0.3) is 0 Å². The molecule has 1 aromatic heterocycles. The standard InChI is InChI=1S/C15H23N5O2/c1-10-12(11(2)18-17-10)3-4-14(21)20-8-7-19-6-5-16-15(22)13(19)9-20/h13H,3-9H2,1-2H3,(H,16,22)(H,17,18)/t13-/m0/s1. The lowest BCUT2D eigenvalue weighted by Crippen LogP contribution is -2.64. The molecule has 2 saturated heterocycles. The summed E-state index contributed by atoms with van der Waals surface area (Å²) in [5.74, 6) is 0.170. The number of fused-ring (bicyclic) bond motifs is 1. The molecule has 1 atom stereocenters. The van der Waals surface area contributed by atoms with Gasteiger partial charge in [-0.1, -0.05) is 0 Å². The predicted octanol–water partition coefficient (Wildman–Crippen LogP) is -0.398. The van der Waals surface area contributed by atoms with Gasteiger partial charge in [0.1, 0.15) is 6.04 Å². The highest BCUT2D eigenvalue weighted by molar-refractivity contribution is 5.84. The highest BCUT2D eigenvalue weighted by Crippen LogP contribution is 2.16. The Morgan fingerprint density at radius 1 is 1.32 bits per heavy atom. The van der Waals surface area contributed by atoms with Gasteiger partial charge in [0.15, 0.2) is 0 Å². The maximum Gasteiger partial charge on any atom is 0.239 e. The highest BCUT2D eigenvalue weighted by atomic mass is 16.2. The molecule has 0 bridgehead atoms. The molecule has 2 aliphatic rings. The molecule has 7 nitrogen and oxygen atoms in total. The number of H-pyrrole nitrogens is 1. The van der Waals surface area contributed by atoms with E-state index in [1.807, 2.05) is 18.7 Å². The Labute approximate surface area is 130 Å². The van der Waals surface area contributed by atoms with Gasteiger partial charge in [0.2, 0.25) is 11.8 Å². The molecule has 0 unspecified atom stereocenters. The smallest absolute Gasteiger partial charge is 0.239 e. The second kappa shape index (κ2) is 6.08. The summed E-state index contributed by atoms with van der Waals surface area (Å²) in [5, 5.41) is 9.99. The molecule has 0 saturated carbocycles. The molecule has 120 valence electrons. The molecule has 3 heterocycles. The summed E-state index contributed by atoms with van der Waals surface area (Å²) in [7, 11) is 0. The first kappa shape index (κ1) is 15.0. The topological polar surface area (TPSA) is 81.3 Å². The summed E-state index contributed by atoms with van der Waals surface area (Å²) in [6.07, 6.45) is 1.17. The van der Waals surface area contributed by atoms with Gasteiger partial charge in [0.05, 0.1) is 5.69 Å². The second-order valence-corrected chi connectivity index (χ2v) is 6.10. The van der Waals surface area contributed by atoms with E-state index in [4.69, 9.17) is 0 Å². The fourth-order valence-corrected chi connectivity index (χ4v) is 3.34. The maximum absolute atomic E-state index is 12.4. The third kappa shape index (κ3) is 2.85. The minimum absolute atomic E-state index is 0.0465. The first-order valence-corrected chi connectivity index (χ1v) is 7.86. The zero-order valence-electron chi connectivity index (χ0n) is 13.2. The van der Waals surface area contributed by atoms with Crippen LogP contribution in [0, 0.1) is 13.8 Å². The molecule has 2 fully saturated rings. The van der Waals surface area contributed by atoms with Gasteiger partial charge < -0.3 is 10.2 Å². The molecule has 0 aromatic carbocycles. The van der Waals surface area contributed by atoms with E-state index in [-0.39, 0.29) is 17.9 Å². The number of hydrogen-bond acceptors (Lipinski definition) is 4. The molecule has 7 heteroatoms. The molecule has 0 radical (unpaired) electrons. The zero-order valence-corrected chi connectivity index (χ0v) is 13.2. The van der Waals surface area contributed by atoms with Crippen LogP contribution in [0.1, 0.15) is 23.4 Å². The average Bonchev–Trinajstić information content (AvgIpc) is 2.84. The fourth-order valence-electron chi connectivity index (χ4n) is 3.34. The van der Waals surface area contributed by atoms with Crippen LogP contribution < -0.4 is 5.32 Å². The van der Waals surface area contributed by atoms with E-state index in [9.17, 15) is 9.59 Å². The Kier molecular flexibility index (Phi) is 4.15. The second-order valence-electron chi connectivity index (χ2n) is 6.10. The fraction of sp³-hybridized carbons (Fsp3) is 0.667. The molecular formula is C15H23N5O2. The third-order valence-corrected chi connectivity index (χ3v) is 4.71. The number of carbonyl (C=O) groups excluding carboxylic acids is 2. The highest BCUT2D eigenvalue weighted by Gasteiger charge is 2.36. The lowest BCUT2D eigenvalue weighted by molar-refractivity contribution is -0.139. The normalized spacial score (nSPS) is 22.4. The van der Waals surface area contributed by atoms with Crippen LogP contribution in [0.25, 0.3) is 0 Å². The van der Waals surface area contributed by atoms with Crippen molar-refractivity contribution >= 4 is 11.8 Å². The third-order valence-electron chi connectivity index (χ3n) is 4.71. The van der Waals surface area contributed by atoms with Crippen molar-refractivity contribution in [3.8, 4) is 0 Å². The van der Waals surface area contributed by atoms with Crippen LogP contribution in [0.2, 0.25) is 0 Å². The van der Waals surface area contributed by atoms with Crippen molar-refractivity contribution in [2.75, 3.05) is 32.7 Å². The van der Waals surface area contributed by atoms with E-state index in [1.165, 1.54) is 0 Å². The number of nitrogens with one attached hydrogen (secondary N) is 2. The van der Waals surface area contributed by atoms with Crippen LogP contribution in [-0.4, -0.2) is 70.6 Å². The molecule has 2 N–H and O–H groups in total. The molecule has 2 amide bonds. The number of hydrogen-bond donors (Lipinski definition) is 2. The lowest BCUT2D eigenvalue weighted by atomic mass is 10.1. The number of aromatic amines is 1. The number of aromatic nitrogens is 2. The molecule has 2 aliphatic heterocycles. The number of piperazine rings is 2. The Balaban J connectivity index is 1.58. The van der Waals surface area contributed by atoms with Crippen LogP contribution in [0.15, 0.2) is 0 Å². The Bertz CT molecular complexity index is 563. The van der Waals surface area contributed by atoms with E-state index in [0.717, 1.165) is 30.0 Å². The summed E-state index contributed by atoms with van der Waals surface area (Å²) in [6, 6.07) is -0.177. The minimum Gasteiger partial charge on any atom is -0.353 e. The molecule has 0 spiro atoms. The SMILES string of the molecule is Cc1n[nH]c(C)c1CCC(=O)N1CCN2CCNC(=O)[C@@H]2C1. The van der Waals surface area contributed by atoms with E-state index in [0.29, 0.717) is 32.5 Å². The van der Waals surface area contributed by atoms with Crippen molar-refractivity contribution in [1.82, 2.24) is 25.3 Å². The summed E-state index contributed by atoms with van der Waals surface area (Å²) in [6.45, 7) is 7.53. The van der Waals surface area contributed by atoms with E-state index in [1.54, 1.807) is 0 Å². The Morgan fingerprint density at radius 3 is 2.86 bits per heavy atom. The first-order valence-electron chi connectivity index (χ1n) is 7.86. The van der Waals surface area contributed by atoms with Crippen LogP contribution in [0.5, 0.6) is 0 Å². The van der Waals surface area contributed by atoms with Gasteiger partial charge in [-0.25, -0.2) is 0 Å². The first-order chi connectivity index (χ1) is 10.6. The van der Waals surface area contributed by atoms with Gasteiger partial charge in [-0.3, -0.25) is 19.6 Å². The molecular weight excluding hydrogens is 282 g/mol. The number of amides is 2. The van der Waals surface area contributed by atoms with Gasteiger partial charge in [-0.15, -0.1) is 0 Å². The van der Waals surface area contributed by atoms with E-state index >= 15 is 0 Å². The summed E-state index contributed by atoms with van der Waals surface area (Å²) < 4.78 is 0. The number of rotatable bonds is 3. The van der Waals surface area contributed by atoms with E-state index in [2.05, 4.69) is 20.4 Å². The van der Waals surface area contributed by atoms with Crippen molar-refractivity contribution in [2.45, 2.75) is 32.7 Å². The van der Waals surface area contributed by atoms with Crippen molar-refractivity contribution in [1.29, 1.82) is 0 Å².